The molecular formula is C15H16N2O3. The summed E-state index contributed by atoms with van der Waals surface area (Å²) in [5.74, 6) is 0.155. The Kier molecular flexibility index (Phi) is 3.79. The predicted molar refractivity (Wildman–Crippen MR) is 78.2 cm³/mol. The lowest BCUT2D eigenvalue weighted by molar-refractivity contribution is 0.102. The van der Waals surface area contributed by atoms with Gasteiger partial charge in [0.05, 0.1) is 12.8 Å². The Morgan fingerprint density at radius 3 is 2.60 bits per heavy atom. The minimum absolute atomic E-state index is 0.0510. The maximum atomic E-state index is 12.1. The van der Waals surface area contributed by atoms with E-state index in [-0.39, 0.29) is 11.7 Å². The van der Waals surface area contributed by atoms with E-state index >= 15 is 0 Å². The molecule has 0 spiro atoms. The molecule has 0 bridgehead atoms. The van der Waals surface area contributed by atoms with Crippen molar-refractivity contribution in [2.45, 2.75) is 6.92 Å². The molecular weight excluding hydrogens is 256 g/mol. The van der Waals surface area contributed by atoms with Gasteiger partial charge in [0.15, 0.2) is 0 Å². The molecule has 0 aliphatic heterocycles. The van der Waals surface area contributed by atoms with Crippen LogP contribution in [0.5, 0.6) is 11.5 Å². The number of hydrogen-bond acceptors (Lipinski definition) is 4. The third-order valence-electron chi connectivity index (χ3n) is 2.99. The molecule has 2 rings (SSSR count). The summed E-state index contributed by atoms with van der Waals surface area (Å²) < 4.78 is 4.98. The largest absolute Gasteiger partial charge is 0.506 e. The number of benzene rings is 2. The number of phenolic OH excluding ortho intramolecular Hbond substituents is 1. The number of methoxy groups -OCH3 is 1. The third-order valence-corrected chi connectivity index (χ3v) is 2.99. The summed E-state index contributed by atoms with van der Waals surface area (Å²) in [5.41, 5.74) is 7.98. The smallest absolute Gasteiger partial charge is 0.255 e. The van der Waals surface area contributed by atoms with Crippen molar-refractivity contribution in [1.82, 2.24) is 0 Å². The van der Waals surface area contributed by atoms with Crippen LogP contribution in [0.15, 0.2) is 36.4 Å². The molecule has 0 aromatic heterocycles. The van der Waals surface area contributed by atoms with Crippen LogP contribution in [0.2, 0.25) is 0 Å². The average Bonchev–Trinajstić information content (AvgIpc) is 2.43. The number of nitrogen functional groups attached to an aromatic ring is 1. The number of carbonyl (C=O) groups excluding carboxylic acids is 1. The van der Waals surface area contributed by atoms with Crippen molar-refractivity contribution in [2.24, 2.45) is 0 Å². The van der Waals surface area contributed by atoms with E-state index in [9.17, 15) is 9.90 Å². The molecule has 0 aliphatic carbocycles. The quantitative estimate of drug-likeness (QED) is 0.592. The summed E-state index contributed by atoms with van der Waals surface area (Å²) >= 11 is 0. The number of ether oxygens (including phenoxy) is 1. The van der Waals surface area contributed by atoms with E-state index in [1.54, 1.807) is 30.3 Å². The highest BCUT2D eigenvalue weighted by Gasteiger charge is 2.10. The highest BCUT2D eigenvalue weighted by atomic mass is 16.5. The Morgan fingerprint density at radius 2 is 2.00 bits per heavy atom. The number of nitrogens with one attached hydrogen (secondary N) is 1. The Balaban J connectivity index is 2.21. The fraction of sp³-hybridized carbons (Fsp3) is 0.133. The SMILES string of the molecule is COc1ccc(NC(=O)c2ccc(N)c(C)c2)c(O)c1. The molecule has 0 aliphatic rings. The van der Waals surface area contributed by atoms with Gasteiger partial charge in [-0.3, -0.25) is 4.79 Å². The van der Waals surface area contributed by atoms with Gasteiger partial charge in [0.2, 0.25) is 0 Å². The Labute approximate surface area is 117 Å². The Hall–Kier alpha value is -2.69. The maximum absolute atomic E-state index is 12.1. The number of rotatable bonds is 3. The van der Waals surface area contributed by atoms with Crippen molar-refractivity contribution in [3.8, 4) is 11.5 Å². The van der Waals surface area contributed by atoms with Gasteiger partial charge in [-0.2, -0.15) is 0 Å². The highest BCUT2D eigenvalue weighted by Crippen LogP contribution is 2.28. The van der Waals surface area contributed by atoms with Crippen LogP contribution < -0.4 is 15.8 Å². The van der Waals surface area contributed by atoms with Crippen LogP contribution in [0.25, 0.3) is 0 Å². The highest BCUT2D eigenvalue weighted by molar-refractivity contribution is 6.05. The van der Waals surface area contributed by atoms with Gasteiger partial charge in [-0.25, -0.2) is 0 Å². The molecule has 1 amide bonds. The molecule has 0 fully saturated rings. The number of carbonyl (C=O) groups is 1. The van der Waals surface area contributed by atoms with Crippen molar-refractivity contribution >= 4 is 17.3 Å². The van der Waals surface area contributed by atoms with Crippen molar-refractivity contribution in [3.05, 3.63) is 47.5 Å². The molecule has 5 nitrogen and oxygen atoms in total. The van der Waals surface area contributed by atoms with Crippen LogP contribution in [-0.2, 0) is 0 Å². The molecule has 0 saturated carbocycles. The molecule has 20 heavy (non-hydrogen) atoms. The first-order valence-corrected chi connectivity index (χ1v) is 6.05. The van der Waals surface area contributed by atoms with Crippen LogP contribution in [0.4, 0.5) is 11.4 Å². The van der Waals surface area contributed by atoms with Gasteiger partial charge in [-0.05, 0) is 42.8 Å². The lowest BCUT2D eigenvalue weighted by Gasteiger charge is -2.09. The second-order valence-corrected chi connectivity index (χ2v) is 4.41. The van der Waals surface area contributed by atoms with Crippen LogP contribution in [0.1, 0.15) is 15.9 Å². The second-order valence-electron chi connectivity index (χ2n) is 4.41. The van der Waals surface area contributed by atoms with Gasteiger partial charge in [0, 0.05) is 17.3 Å². The maximum Gasteiger partial charge on any atom is 0.255 e. The standard InChI is InChI=1S/C15H16N2O3/c1-9-7-10(3-5-12(9)16)15(19)17-13-6-4-11(20-2)8-14(13)18/h3-8,18H,16H2,1-2H3,(H,17,19). The summed E-state index contributed by atoms with van der Waals surface area (Å²) in [7, 11) is 1.50. The van der Waals surface area contributed by atoms with Gasteiger partial charge in [-0.1, -0.05) is 0 Å². The lowest BCUT2D eigenvalue weighted by atomic mass is 10.1. The van der Waals surface area contributed by atoms with Crippen LogP contribution in [0.3, 0.4) is 0 Å². The molecule has 0 radical (unpaired) electrons. The monoisotopic (exact) mass is 272 g/mol. The molecule has 0 saturated heterocycles. The first-order chi connectivity index (χ1) is 9.51. The fourth-order valence-electron chi connectivity index (χ4n) is 1.76. The van der Waals surface area contributed by atoms with E-state index in [0.717, 1.165) is 5.56 Å². The van der Waals surface area contributed by atoms with Gasteiger partial charge >= 0.3 is 0 Å². The van der Waals surface area contributed by atoms with Crippen molar-refractivity contribution in [3.63, 3.8) is 0 Å². The number of anilines is 2. The van der Waals surface area contributed by atoms with Crippen molar-refractivity contribution in [2.75, 3.05) is 18.2 Å². The van der Waals surface area contributed by atoms with Gasteiger partial charge in [-0.15, -0.1) is 0 Å². The second kappa shape index (κ2) is 5.52. The molecule has 2 aromatic rings. The summed E-state index contributed by atoms with van der Waals surface area (Å²) in [5, 5.41) is 12.4. The topological polar surface area (TPSA) is 84.6 Å². The number of aryl methyl sites for hydroxylation is 1. The van der Waals surface area contributed by atoms with Gasteiger partial charge in [0.25, 0.3) is 5.91 Å². The number of phenols is 1. The van der Waals surface area contributed by atoms with E-state index in [4.69, 9.17) is 10.5 Å². The van der Waals surface area contributed by atoms with E-state index in [2.05, 4.69) is 5.32 Å². The van der Waals surface area contributed by atoms with Crippen molar-refractivity contribution < 1.29 is 14.6 Å². The van der Waals surface area contributed by atoms with E-state index in [0.29, 0.717) is 22.7 Å². The number of aromatic hydroxyl groups is 1. The zero-order valence-corrected chi connectivity index (χ0v) is 11.3. The third kappa shape index (κ3) is 2.83. The summed E-state index contributed by atoms with van der Waals surface area (Å²) in [6, 6.07) is 9.69. The zero-order chi connectivity index (χ0) is 14.7. The van der Waals surface area contributed by atoms with Crippen LogP contribution in [0, 0.1) is 6.92 Å². The number of amides is 1. The van der Waals surface area contributed by atoms with E-state index in [1.165, 1.54) is 13.2 Å². The minimum Gasteiger partial charge on any atom is -0.506 e. The first-order valence-electron chi connectivity index (χ1n) is 6.05. The summed E-state index contributed by atoms with van der Waals surface area (Å²) in [6.07, 6.45) is 0. The average molecular weight is 272 g/mol. The number of hydrogen-bond donors (Lipinski definition) is 3. The molecule has 0 unspecified atom stereocenters. The van der Waals surface area contributed by atoms with E-state index in [1.807, 2.05) is 6.92 Å². The normalized spacial score (nSPS) is 10.1. The van der Waals surface area contributed by atoms with E-state index < -0.39 is 0 Å². The van der Waals surface area contributed by atoms with Crippen LogP contribution >= 0.6 is 0 Å². The minimum atomic E-state index is -0.312. The predicted octanol–water partition coefficient (Wildman–Crippen LogP) is 2.54. The zero-order valence-electron chi connectivity index (χ0n) is 11.3. The Morgan fingerprint density at radius 1 is 1.25 bits per heavy atom. The number of nitrogens with two attached hydrogens (primary N) is 1. The summed E-state index contributed by atoms with van der Waals surface area (Å²) in [4.78, 5) is 12.1. The van der Waals surface area contributed by atoms with Gasteiger partial charge in [0.1, 0.15) is 11.5 Å². The molecule has 104 valence electrons. The Bertz CT molecular complexity index is 654. The molecule has 4 N–H and O–H groups in total. The lowest BCUT2D eigenvalue weighted by Crippen LogP contribution is -2.12. The van der Waals surface area contributed by atoms with Crippen LogP contribution in [-0.4, -0.2) is 18.1 Å². The molecule has 5 heteroatoms. The molecule has 0 heterocycles. The fourth-order valence-corrected chi connectivity index (χ4v) is 1.76. The summed E-state index contributed by atoms with van der Waals surface area (Å²) in [6.45, 7) is 1.83. The first kappa shape index (κ1) is 13.7. The molecule has 0 atom stereocenters. The van der Waals surface area contributed by atoms with Gasteiger partial charge < -0.3 is 20.9 Å². The molecule has 2 aromatic carbocycles. The van der Waals surface area contributed by atoms with Crippen molar-refractivity contribution in [1.29, 1.82) is 0 Å².